The first kappa shape index (κ1) is 15.5. The summed E-state index contributed by atoms with van der Waals surface area (Å²) >= 11 is 6.33. The van der Waals surface area contributed by atoms with Crippen LogP contribution in [0.25, 0.3) is 5.69 Å². The number of hydrogen-bond donors (Lipinski definition) is 0. The van der Waals surface area contributed by atoms with Crippen molar-refractivity contribution in [3.63, 3.8) is 0 Å². The Morgan fingerprint density at radius 2 is 2.05 bits per heavy atom. The van der Waals surface area contributed by atoms with E-state index in [0.717, 1.165) is 11.4 Å². The van der Waals surface area contributed by atoms with E-state index in [1.807, 2.05) is 44.2 Å². The average molecular weight is 309 g/mol. The number of carbonyl (C=O) groups excluding carboxylic acids is 1. The molecule has 0 saturated heterocycles. The van der Waals surface area contributed by atoms with Gasteiger partial charge in [0.2, 0.25) is 0 Å². The minimum Gasteiger partial charge on any atom is -0.459 e. The van der Waals surface area contributed by atoms with Crippen LogP contribution in [0.15, 0.2) is 30.3 Å². The van der Waals surface area contributed by atoms with Crippen molar-refractivity contribution in [2.45, 2.75) is 20.5 Å². The molecule has 0 N–H and O–H groups in total. The minimum absolute atomic E-state index is 0.0556. The molecule has 0 atom stereocenters. The molecule has 0 spiro atoms. The van der Waals surface area contributed by atoms with E-state index >= 15 is 0 Å². The van der Waals surface area contributed by atoms with Gasteiger partial charge < -0.3 is 9.47 Å². The number of nitrogens with zero attached hydrogens (tertiary/aromatic N) is 2. The van der Waals surface area contributed by atoms with Crippen LogP contribution in [-0.2, 0) is 20.9 Å². The van der Waals surface area contributed by atoms with Crippen molar-refractivity contribution >= 4 is 17.6 Å². The number of hydrogen-bond acceptors (Lipinski definition) is 4. The molecule has 0 aliphatic rings. The second-order valence-corrected chi connectivity index (χ2v) is 4.76. The molecular formula is C15H17ClN2O3. The number of aryl methyl sites for hydroxylation is 1. The first-order valence-electron chi connectivity index (χ1n) is 6.66. The smallest absolute Gasteiger partial charge is 0.332 e. The van der Waals surface area contributed by atoms with Gasteiger partial charge in [-0.2, -0.15) is 5.10 Å². The number of esters is 1. The van der Waals surface area contributed by atoms with E-state index in [1.54, 1.807) is 4.68 Å². The maximum Gasteiger partial charge on any atom is 0.332 e. The number of aromatic nitrogens is 2. The van der Waals surface area contributed by atoms with Crippen molar-refractivity contribution in [3.05, 3.63) is 46.7 Å². The zero-order valence-corrected chi connectivity index (χ0v) is 12.8. The summed E-state index contributed by atoms with van der Waals surface area (Å²) in [6.07, 6.45) is 0. The molecule has 0 unspecified atom stereocenters. The Kier molecular flexibility index (Phi) is 5.36. The van der Waals surface area contributed by atoms with Gasteiger partial charge in [-0.15, -0.1) is 0 Å². The van der Waals surface area contributed by atoms with Gasteiger partial charge in [-0.25, -0.2) is 9.48 Å². The van der Waals surface area contributed by atoms with Crippen LogP contribution >= 0.6 is 11.6 Å². The molecule has 0 amide bonds. The molecule has 1 aromatic heterocycles. The van der Waals surface area contributed by atoms with Gasteiger partial charge in [0.15, 0.2) is 0 Å². The number of ether oxygens (including phenoxy) is 2. The third kappa shape index (κ3) is 3.83. The van der Waals surface area contributed by atoms with E-state index in [0.29, 0.717) is 17.3 Å². The standard InChI is InChI=1S/C15H17ClN2O3/c1-3-20-10-14(19)21-9-13-11(2)17-18(15(13)16)12-7-5-4-6-8-12/h4-8H,3,9-10H2,1-2H3. The highest BCUT2D eigenvalue weighted by Gasteiger charge is 2.16. The van der Waals surface area contributed by atoms with Gasteiger partial charge in [0.05, 0.1) is 11.4 Å². The third-order valence-electron chi connectivity index (χ3n) is 2.92. The summed E-state index contributed by atoms with van der Waals surface area (Å²) in [6.45, 7) is 4.15. The molecule has 6 heteroatoms. The molecule has 0 aliphatic carbocycles. The van der Waals surface area contributed by atoms with E-state index in [2.05, 4.69) is 5.10 Å². The molecule has 21 heavy (non-hydrogen) atoms. The molecule has 5 nitrogen and oxygen atoms in total. The lowest BCUT2D eigenvalue weighted by molar-refractivity contribution is -0.150. The second kappa shape index (κ2) is 7.24. The predicted octanol–water partition coefficient (Wildman–Crippen LogP) is 2.91. The quantitative estimate of drug-likeness (QED) is 0.770. The SMILES string of the molecule is CCOCC(=O)OCc1c(C)nn(-c2ccccc2)c1Cl. The topological polar surface area (TPSA) is 53.4 Å². The molecular weight excluding hydrogens is 292 g/mol. The molecule has 0 bridgehead atoms. The van der Waals surface area contributed by atoms with Crippen LogP contribution in [0.1, 0.15) is 18.2 Å². The van der Waals surface area contributed by atoms with Crippen LogP contribution in [0.4, 0.5) is 0 Å². The second-order valence-electron chi connectivity index (χ2n) is 4.40. The maximum atomic E-state index is 11.5. The zero-order valence-electron chi connectivity index (χ0n) is 12.0. The summed E-state index contributed by atoms with van der Waals surface area (Å²) in [5.74, 6) is -0.417. The Balaban J connectivity index is 2.11. The van der Waals surface area contributed by atoms with Crippen molar-refractivity contribution in [2.75, 3.05) is 13.2 Å². The number of rotatable bonds is 6. The van der Waals surface area contributed by atoms with Gasteiger partial charge in [0.25, 0.3) is 0 Å². The maximum absolute atomic E-state index is 11.5. The van der Waals surface area contributed by atoms with Crippen molar-refractivity contribution in [1.29, 1.82) is 0 Å². The Bertz CT molecular complexity index is 611. The average Bonchev–Trinajstić information content (AvgIpc) is 2.79. The van der Waals surface area contributed by atoms with Crippen molar-refractivity contribution in [2.24, 2.45) is 0 Å². The summed E-state index contributed by atoms with van der Waals surface area (Å²) < 4.78 is 11.8. The van der Waals surface area contributed by atoms with Crippen LogP contribution in [0.2, 0.25) is 5.15 Å². The molecule has 2 rings (SSSR count). The fourth-order valence-electron chi connectivity index (χ4n) is 1.82. The highest BCUT2D eigenvalue weighted by molar-refractivity contribution is 6.30. The van der Waals surface area contributed by atoms with E-state index in [1.165, 1.54) is 0 Å². The summed E-state index contributed by atoms with van der Waals surface area (Å²) in [5.41, 5.74) is 2.29. The highest BCUT2D eigenvalue weighted by atomic mass is 35.5. The highest BCUT2D eigenvalue weighted by Crippen LogP contribution is 2.24. The monoisotopic (exact) mass is 308 g/mol. The summed E-state index contributed by atoms with van der Waals surface area (Å²) in [7, 11) is 0. The first-order chi connectivity index (χ1) is 10.1. The number of para-hydroxylation sites is 1. The molecule has 2 aromatic rings. The molecule has 1 heterocycles. The molecule has 0 saturated carbocycles. The van der Waals surface area contributed by atoms with E-state index in [4.69, 9.17) is 21.1 Å². The van der Waals surface area contributed by atoms with Crippen LogP contribution in [0.3, 0.4) is 0 Å². The van der Waals surface area contributed by atoms with Crippen molar-refractivity contribution < 1.29 is 14.3 Å². The molecule has 0 fully saturated rings. The number of carbonyl (C=O) groups is 1. The fraction of sp³-hybridized carbons (Fsp3) is 0.333. The first-order valence-corrected chi connectivity index (χ1v) is 7.04. The Morgan fingerprint density at radius 3 is 2.71 bits per heavy atom. The van der Waals surface area contributed by atoms with Crippen LogP contribution in [0.5, 0.6) is 0 Å². The Hall–Kier alpha value is -1.85. The van der Waals surface area contributed by atoms with Gasteiger partial charge in [-0.05, 0) is 26.0 Å². The fourth-order valence-corrected chi connectivity index (χ4v) is 2.14. The number of halogens is 1. The Labute approximate surface area is 128 Å². The van der Waals surface area contributed by atoms with Crippen LogP contribution in [0, 0.1) is 6.92 Å². The molecule has 112 valence electrons. The van der Waals surface area contributed by atoms with Crippen LogP contribution in [-0.4, -0.2) is 29.0 Å². The van der Waals surface area contributed by atoms with Gasteiger partial charge in [-0.3, -0.25) is 0 Å². The predicted molar refractivity (Wildman–Crippen MR) is 79.6 cm³/mol. The zero-order chi connectivity index (χ0) is 15.2. The lowest BCUT2D eigenvalue weighted by Gasteiger charge is -2.05. The molecule has 1 aromatic carbocycles. The van der Waals surface area contributed by atoms with Crippen LogP contribution < -0.4 is 0 Å². The van der Waals surface area contributed by atoms with Gasteiger partial charge in [-0.1, -0.05) is 29.8 Å². The van der Waals surface area contributed by atoms with Crippen molar-refractivity contribution in [3.8, 4) is 5.69 Å². The van der Waals surface area contributed by atoms with Crippen molar-refractivity contribution in [1.82, 2.24) is 9.78 Å². The largest absolute Gasteiger partial charge is 0.459 e. The lowest BCUT2D eigenvalue weighted by Crippen LogP contribution is -2.12. The summed E-state index contributed by atoms with van der Waals surface area (Å²) in [5, 5.41) is 4.83. The van der Waals surface area contributed by atoms with Gasteiger partial charge in [0.1, 0.15) is 18.4 Å². The van der Waals surface area contributed by atoms with E-state index < -0.39 is 5.97 Å². The Morgan fingerprint density at radius 1 is 1.33 bits per heavy atom. The third-order valence-corrected chi connectivity index (χ3v) is 3.31. The minimum atomic E-state index is -0.417. The van der Waals surface area contributed by atoms with Gasteiger partial charge in [0, 0.05) is 12.2 Å². The molecule has 0 aliphatic heterocycles. The summed E-state index contributed by atoms with van der Waals surface area (Å²) in [6, 6.07) is 9.55. The number of benzene rings is 1. The van der Waals surface area contributed by atoms with E-state index in [9.17, 15) is 4.79 Å². The molecule has 0 radical (unpaired) electrons. The summed E-state index contributed by atoms with van der Waals surface area (Å²) in [4.78, 5) is 11.5. The van der Waals surface area contributed by atoms with Gasteiger partial charge >= 0.3 is 5.97 Å². The lowest BCUT2D eigenvalue weighted by atomic mass is 10.3. The normalized spacial score (nSPS) is 10.6. The van der Waals surface area contributed by atoms with E-state index in [-0.39, 0.29) is 13.2 Å².